The molecule has 0 radical (unpaired) electrons. The number of imide groups is 1. The zero-order chi connectivity index (χ0) is 19.5. The zero-order valence-electron chi connectivity index (χ0n) is 15.8. The van der Waals surface area contributed by atoms with Gasteiger partial charge in [0.1, 0.15) is 5.75 Å². The van der Waals surface area contributed by atoms with E-state index in [1.165, 1.54) is 0 Å². The molecule has 1 aromatic carbocycles. The van der Waals surface area contributed by atoms with Crippen LogP contribution < -0.4 is 15.4 Å². The van der Waals surface area contributed by atoms with Gasteiger partial charge in [0.05, 0.1) is 12.2 Å². The van der Waals surface area contributed by atoms with Crippen LogP contribution in [0.1, 0.15) is 44.5 Å². The Hall–Kier alpha value is -2.57. The molecular formula is C19H28N2O5. The Kier molecular flexibility index (Phi) is 9.19. The van der Waals surface area contributed by atoms with Crippen LogP contribution in [0.25, 0.3) is 0 Å². The minimum Gasteiger partial charge on any atom is -0.493 e. The second-order valence-corrected chi connectivity index (χ2v) is 6.79. The number of rotatable bonds is 9. The number of hydrogen-bond donors (Lipinski definition) is 2. The second-order valence-electron chi connectivity index (χ2n) is 6.79. The van der Waals surface area contributed by atoms with E-state index in [-0.39, 0.29) is 0 Å². The van der Waals surface area contributed by atoms with E-state index in [4.69, 9.17) is 9.47 Å². The number of esters is 1. The molecule has 26 heavy (non-hydrogen) atoms. The van der Waals surface area contributed by atoms with Gasteiger partial charge in [0, 0.05) is 6.54 Å². The van der Waals surface area contributed by atoms with Crippen LogP contribution in [-0.4, -0.2) is 37.7 Å². The minimum absolute atomic E-state index is 0.302. The van der Waals surface area contributed by atoms with Crippen molar-refractivity contribution in [2.45, 2.75) is 34.1 Å². The molecule has 0 fully saturated rings. The molecular weight excluding hydrogens is 336 g/mol. The van der Waals surface area contributed by atoms with Crippen molar-refractivity contribution >= 4 is 17.9 Å². The number of carbonyl (C=O) groups excluding carboxylic acids is 3. The molecule has 0 heterocycles. The van der Waals surface area contributed by atoms with Gasteiger partial charge in [0.2, 0.25) is 0 Å². The summed E-state index contributed by atoms with van der Waals surface area (Å²) in [6, 6.07) is 5.87. The lowest BCUT2D eigenvalue weighted by Crippen LogP contribution is -2.41. The van der Waals surface area contributed by atoms with Gasteiger partial charge in [0.25, 0.3) is 5.91 Å². The van der Waals surface area contributed by atoms with E-state index >= 15 is 0 Å². The predicted molar refractivity (Wildman–Crippen MR) is 98.1 cm³/mol. The van der Waals surface area contributed by atoms with Crippen LogP contribution in [0.4, 0.5) is 4.79 Å². The number of amides is 3. The van der Waals surface area contributed by atoms with E-state index in [1.807, 2.05) is 27.7 Å². The Morgan fingerprint density at radius 3 is 2.23 bits per heavy atom. The maximum Gasteiger partial charge on any atom is 0.338 e. The molecule has 0 atom stereocenters. The first-order valence-corrected chi connectivity index (χ1v) is 8.75. The van der Waals surface area contributed by atoms with E-state index < -0.39 is 24.5 Å². The van der Waals surface area contributed by atoms with Crippen LogP contribution in [0.5, 0.6) is 5.75 Å². The van der Waals surface area contributed by atoms with Gasteiger partial charge in [-0.3, -0.25) is 10.1 Å². The quantitative estimate of drug-likeness (QED) is 0.657. The van der Waals surface area contributed by atoms with E-state index in [2.05, 4.69) is 10.6 Å². The molecule has 0 saturated heterocycles. The molecule has 0 aromatic heterocycles. The first-order chi connectivity index (χ1) is 12.3. The summed E-state index contributed by atoms with van der Waals surface area (Å²) in [5.74, 6) is 0.189. The Balaban J connectivity index is 2.34. The standard InChI is InChI=1S/C19H28N2O5/c1-13(2)9-10-20-19(24)21-17(22)12-26-18(23)15-5-7-16(8-6-15)25-11-14(3)4/h5-8,13-14H,9-12H2,1-4H3,(H2,20,21,22,24). The van der Waals surface area contributed by atoms with E-state index in [1.54, 1.807) is 24.3 Å². The van der Waals surface area contributed by atoms with Crippen molar-refractivity contribution in [3.8, 4) is 5.75 Å². The summed E-state index contributed by atoms with van der Waals surface area (Å²) in [6.45, 7) is 8.69. The predicted octanol–water partition coefficient (Wildman–Crippen LogP) is 2.75. The molecule has 144 valence electrons. The van der Waals surface area contributed by atoms with Crippen LogP contribution in [0.3, 0.4) is 0 Å². The fraction of sp³-hybridized carbons (Fsp3) is 0.526. The van der Waals surface area contributed by atoms with Gasteiger partial charge < -0.3 is 14.8 Å². The average molecular weight is 364 g/mol. The van der Waals surface area contributed by atoms with Crippen LogP contribution in [0.2, 0.25) is 0 Å². The fourth-order valence-electron chi connectivity index (χ4n) is 1.85. The smallest absolute Gasteiger partial charge is 0.338 e. The molecule has 0 aliphatic carbocycles. The molecule has 0 unspecified atom stereocenters. The first-order valence-electron chi connectivity index (χ1n) is 8.75. The highest BCUT2D eigenvalue weighted by Crippen LogP contribution is 2.14. The number of ether oxygens (including phenoxy) is 2. The van der Waals surface area contributed by atoms with Gasteiger partial charge in [-0.2, -0.15) is 0 Å². The summed E-state index contributed by atoms with van der Waals surface area (Å²) < 4.78 is 10.4. The van der Waals surface area contributed by atoms with E-state index in [9.17, 15) is 14.4 Å². The van der Waals surface area contributed by atoms with Gasteiger partial charge in [-0.25, -0.2) is 9.59 Å². The lowest BCUT2D eigenvalue weighted by Gasteiger charge is -2.10. The lowest BCUT2D eigenvalue weighted by molar-refractivity contribution is -0.123. The van der Waals surface area contributed by atoms with Gasteiger partial charge in [0.15, 0.2) is 6.61 Å². The topological polar surface area (TPSA) is 93.7 Å². The highest BCUT2D eigenvalue weighted by atomic mass is 16.5. The van der Waals surface area contributed by atoms with Gasteiger partial charge >= 0.3 is 12.0 Å². The van der Waals surface area contributed by atoms with Crippen molar-refractivity contribution in [2.24, 2.45) is 11.8 Å². The highest BCUT2D eigenvalue weighted by Gasteiger charge is 2.12. The van der Waals surface area contributed by atoms with E-state index in [0.717, 1.165) is 6.42 Å². The molecule has 0 aliphatic rings. The van der Waals surface area contributed by atoms with Crippen LogP contribution in [0.15, 0.2) is 24.3 Å². The Morgan fingerprint density at radius 2 is 1.65 bits per heavy atom. The summed E-state index contributed by atoms with van der Waals surface area (Å²) in [6.07, 6.45) is 0.813. The molecule has 0 bridgehead atoms. The number of benzene rings is 1. The minimum atomic E-state index is -0.683. The van der Waals surface area contributed by atoms with Gasteiger partial charge in [-0.1, -0.05) is 27.7 Å². The molecule has 3 amide bonds. The monoisotopic (exact) mass is 364 g/mol. The van der Waals surface area contributed by atoms with Crippen molar-refractivity contribution in [3.63, 3.8) is 0 Å². The molecule has 0 spiro atoms. The SMILES string of the molecule is CC(C)CCNC(=O)NC(=O)COC(=O)c1ccc(OCC(C)C)cc1. The van der Waals surface area contributed by atoms with Gasteiger partial charge in [-0.15, -0.1) is 0 Å². The number of carbonyl (C=O) groups is 3. The van der Waals surface area contributed by atoms with Crippen molar-refractivity contribution in [3.05, 3.63) is 29.8 Å². The summed E-state index contributed by atoms with van der Waals surface area (Å²) in [4.78, 5) is 35.0. The Labute approximate surface area is 154 Å². The molecule has 7 nitrogen and oxygen atoms in total. The van der Waals surface area contributed by atoms with Crippen molar-refractivity contribution in [2.75, 3.05) is 19.8 Å². The second kappa shape index (κ2) is 11.1. The molecule has 1 rings (SSSR count). The molecule has 7 heteroatoms. The fourth-order valence-corrected chi connectivity index (χ4v) is 1.85. The normalized spacial score (nSPS) is 10.5. The number of nitrogens with one attached hydrogen (secondary N) is 2. The third-order valence-electron chi connectivity index (χ3n) is 3.27. The third-order valence-corrected chi connectivity index (χ3v) is 3.27. The molecule has 2 N–H and O–H groups in total. The summed E-state index contributed by atoms with van der Waals surface area (Å²) in [7, 11) is 0. The zero-order valence-corrected chi connectivity index (χ0v) is 15.8. The third kappa shape index (κ3) is 9.05. The van der Waals surface area contributed by atoms with Crippen LogP contribution in [-0.2, 0) is 9.53 Å². The number of hydrogen-bond acceptors (Lipinski definition) is 5. The van der Waals surface area contributed by atoms with Crippen LogP contribution in [0, 0.1) is 11.8 Å². The maximum absolute atomic E-state index is 11.9. The summed E-state index contributed by atoms with van der Waals surface area (Å²) in [5.41, 5.74) is 0.302. The molecule has 0 aliphatic heterocycles. The van der Waals surface area contributed by atoms with E-state index in [0.29, 0.717) is 36.3 Å². The maximum atomic E-state index is 11.9. The largest absolute Gasteiger partial charge is 0.493 e. The molecule has 1 aromatic rings. The molecule has 0 saturated carbocycles. The van der Waals surface area contributed by atoms with Crippen molar-refractivity contribution < 1.29 is 23.9 Å². The van der Waals surface area contributed by atoms with Gasteiger partial charge in [-0.05, 0) is 42.5 Å². The Bertz CT molecular complexity index is 596. The highest BCUT2D eigenvalue weighted by molar-refractivity contribution is 5.97. The summed E-state index contributed by atoms with van der Waals surface area (Å²) in [5, 5.41) is 4.68. The summed E-state index contributed by atoms with van der Waals surface area (Å²) >= 11 is 0. The lowest BCUT2D eigenvalue weighted by atomic mass is 10.1. The van der Waals surface area contributed by atoms with Crippen molar-refractivity contribution in [1.82, 2.24) is 10.6 Å². The first kappa shape index (κ1) is 21.5. The number of urea groups is 1. The Morgan fingerprint density at radius 1 is 1.00 bits per heavy atom. The van der Waals surface area contributed by atoms with Crippen molar-refractivity contribution in [1.29, 1.82) is 0 Å². The van der Waals surface area contributed by atoms with Crippen LogP contribution >= 0.6 is 0 Å². The average Bonchev–Trinajstić information content (AvgIpc) is 2.58.